The Morgan fingerprint density at radius 2 is 1.39 bits per heavy atom. The van der Waals surface area contributed by atoms with Gasteiger partial charge in [0.25, 0.3) is 0 Å². The van der Waals surface area contributed by atoms with Gasteiger partial charge >= 0.3 is 5.97 Å². The summed E-state index contributed by atoms with van der Waals surface area (Å²) in [6.07, 6.45) is 13.2. The second-order valence-corrected chi connectivity index (χ2v) is 5.29. The molecule has 2 nitrogen and oxygen atoms in total. The third kappa shape index (κ3) is 11.9. The van der Waals surface area contributed by atoms with Crippen molar-refractivity contribution in [3.8, 4) is 0 Å². The molecule has 0 amide bonds. The van der Waals surface area contributed by atoms with Crippen LogP contribution in [0.15, 0.2) is 0 Å². The van der Waals surface area contributed by atoms with Gasteiger partial charge in [0, 0.05) is 6.42 Å². The fraction of sp³-hybridized carbons (Fsp3) is 0.938. The topological polar surface area (TPSA) is 26.3 Å². The minimum Gasteiger partial charge on any atom is -0.463 e. The van der Waals surface area contributed by atoms with Crippen molar-refractivity contribution in [1.29, 1.82) is 0 Å². The number of unbranched alkanes of at least 4 members (excludes halogenated alkanes) is 8. The minimum atomic E-state index is -0.0210. The third-order valence-corrected chi connectivity index (χ3v) is 3.39. The summed E-state index contributed by atoms with van der Waals surface area (Å²) in [6, 6.07) is 0. The molecular weight excluding hydrogens is 224 g/mol. The van der Waals surface area contributed by atoms with Crippen LogP contribution in [-0.4, -0.2) is 12.1 Å². The molecule has 0 spiro atoms. The van der Waals surface area contributed by atoms with Crippen LogP contribution in [0, 0.1) is 0 Å². The van der Waals surface area contributed by atoms with Crippen LogP contribution in [0.2, 0.25) is 0 Å². The van der Waals surface area contributed by atoms with E-state index in [0.717, 1.165) is 12.8 Å². The van der Waals surface area contributed by atoms with E-state index in [-0.39, 0.29) is 12.1 Å². The smallest absolute Gasteiger partial charge is 0.306 e. The van der Waals surface area contributed by atoms with E-state index in [2.05, 4.69) is 6.92 Å². The zero-order valence-electron chi connectivity index (χ0n) is 12.7. The Kier molecular flexibility index (Phi) is 12.5. The molecule has 108 valence electrons. The van der Waals surface area contributed by atoms with E-state index in [1.54, 1.807) is 0 Å². The second-order valence-electron chi connectivity index (χ2n) is 5.29. The highest BCUT2D eigenvalue weighted by Gasteiger charge is 2.06. The number of carbonyl (C=O) groups excluding carboxylic acids is 1. The van der Waals surface area contributed by atoms with E-state index in [0.29, 0.717) is 6.42 Å². The molecule has 18 heavy (non-hydrogen) atoms. The van der Waals surface area contributed by atoms with Gasteiger partial charge in [0.15, 0.2) is 0 Å². The van der Waals surface area contributed by atoms with Gasteiger partial charge in [-0.1, -0.05) is 65.2 Å². The molecule has 0 aliphatic rings. The lowest BCUT2D eigenvalue weighted by atomic mass is 10.1. The number of carbonyl (C=O) groups is 1. The van der Waals surface area contributed by atoms with Gasteiger partial charge in [-0.15, -0.1) is 0 Å². The number of ether oxygens (including phenoxy) is 1. The highest BCUT2D eigenvalue weighted by molar-refractivity contribution is 5.69. The van der Waals surface area contributed by atoms with Crippen LogP contribution in [0.3, 0.4) is 0 Å². The Morgan fingerprint density at radius 3 is 1.89 bits per heavy atom. The van der Waals surface area contributed by atoms with Crippen LogP contribution in [-0.2, 0) is 9.53 Å². The van der Waals surface area contributed by atoms with Gasteiger partial charge in [-0.3, -0.25) is 4.79 Å². The van der Waals surface area contributed by atoms with Crippen molar-refractivity contribution < 1.29 is 9.53 Å². The van der Waals surface area contributed by atoms with Crippen LogP contribution in [0.4, 0.5) is 0 Å². The molecule has 1 unspecified atom stereocenters. The largest absolute Gasteiger partial charge is 0.463 e. The van der Waals surface area contributed by atoms with Crippen molar-refractivity contribution >= 4 is 5.97 Å². The maximum absolute atomic E-state index is 11.4. The normalized spacial score (nSPS) is 12.4. The highest BCUT2D eigenvalue weighted by atomic mass is 16.5. The van der Waals surface area contributed by atoms with Crippen molar-refractivity contribution in [1.82, 2.24) is 0 Å². The molecule has 0 rings (SSSR count). The van der Waals surface area contributed by atoms with Gasteiger partial charge in [-0.25, -0.2) is 0 Å². The van der Waals surface area contributed by atoms with Crippen LogP contribution in [0.5, 0.6) is 0 Å². The monoisotopic (exact) mass is 256 g/mol. The highest BCUT2D eigenvalue weighted by Crippen LogP contribution is 2.11. The summed E-state index contributed by atoms with van der Waals surface area (Å²) in [5, 5.41) is 0. The van der Waals surface area contributed by atoms with Gasteiger partial charge in [0.1, 0.15) is 0 Å². The average molecular weight is 256 g/mol. The summed E-state index contributed by atoms with van der Waals surface area (Å²) in [6.45, 7) is 6.24. The summed E-state index contributed by atoms with van der Waals surface area (Å²) in [5.41, 5.74) is 0. The summed E-state index contributed by atoms with van der Waals surface area (Å²) < 4.78 is 5.23. The van der Waals surface area contributed by atoms with Gasteiger partial charge in [0.2, 0.25) is 0 Å². The van der Waals surface area contributed by atoms with Crippen molar-refractivity contribution in [3.05, 3.63) is 0 Å². The lowest BCUT2D eigenvalue weighted by Crippen LogP contribution is -2.13. The van der Waals surface area contributed by atoms with E-state index in [1.807, 2.05) is 13.8 Å². The average Bonchev–Trinajstić information content (AvgIpc) is 2.36. The summed E-state index contributed by atoms with van der Waals surface area (Å²) >= 11 is 0. The van der Waals surface area contributed by atoms with Crippen molar-refractivity contribution in [2.45, 2.75) is 97.5 Å². The van der Waals surface area contributed by atoms with Crippen molar-refractivity contribution in [2.75, 3.05) is 0 Å². The van der Waals surface area contributed by atoms with E-state index in [4.69, 9.17) is 4.74 Å². The summed E-state index contributed by atoms with van der Waals surface area (Å²) in [5.74, 6) is -0.0210. The van der Waals surface area contributed by atoms with Crippen LogP contribution in [0.1, 0.15) is 91.4 Å². The standard InChI is InChI=1S/C16H32O2/c1-4-6-7-8-9-10-11-12-13-14-16(17)18-15(3)5-2/h15H,4-14H2,1-3H3. The predicted octanol–water partition coefficient (Wildman–Crippen LogP) is 5.25. The second kappa shape index (κ2) is 12.9. The quantitative estimate of drug-likeness (QED) is 0.352. The maximum Gasteiger partial charge on any atom is 0.306 e. The number of hydrogen-bond donors (Lipinski definition) is 0. The van der Waals surface area contributed by atoms with Crippen molar-refractivity contribution in [3.63, 3.8) is 0 Å². The number of rotatable bonds is 12. The zero-order valence-corrected chi connectivity index (χ0v) is 12.7. The molecule has 0 aromatic carbocycles. The van der Waals surface area contributed by atoms with Crippen molar-refractivity contribution in [2.24, 2.45) is 0 Å². The lowest BCUT2D eigenvalue weighted by Gasteiger charge is -2.10. The molecule has 0 aromatic heterocycles. The molecule has 0 fully saturated rings. The molecule has 0 heterocycles. The Balaban J connectivity index is 3.17. The fourth-order valence-corrected chi connectivity index (χ4v) is 1.95. The number of esters is 1. The molecule has 0 N–H and O–H groups in total. The van der Waals surface area contributed by atoms with E-state index in [1.165, 1.54) is 51.4 Å². The van der Waals surface area contributed by atoms with Gasteiger partial charge in [-0.2, -0.15) is 0 Å². The molecule has 0 saturated carbocycles. The summed E-state index contributed by atoms with van der Waals surface area (Å²) in [4.78, 5) is 11.4. The Bertz CT molecular complexity index is 190. The molecule has 2 heteroatoms. The first kappa shape index (κ1) is 17.5. The Hall–Kier alpha value is -0.530. The molecular formula is C16H32O2. The molecule has 0 aliphatic heterocycles. The number of hydrogen-bond acceptors (Lipinski definition) is 2. The first-order valence-electron chi connectivity index (χ1n) is 7.90. The fourth-order valence-electron chi connectivity index (χ4n) is 1.95. The minimum absolute atomic E-state index is 0.0210. The Labute approximate surface area is 113 Å². The molecule has 0 bridgehead atoms. The first-order chi connectivity index (χ1) is 8.70. The van der Waals surface area contributed by atoms with Gasteiger partial charge < -0.3 is 4.74 Å². The third-order valence-electron chi connectivity index (χ3n) is 3.39. The molecule has 0 radical (unpaired) electrons. The maximum atomic E-state index is 11.4. The van der Waals surface area contributed by atoms with Gasteiger partial charge in [0.05, 0.1) is 6.10 Å². The van der Waals surface area contributed by atoms with Crippen LogP contribution in [0.25, 0.3) is 0 Å². The van der Waals surface area contributed by atoms with Crippen LogP contribution >= 0.6 is 0 Å². The van der Waals surface area contributed by atoms with E-state index >= 15 is 0 Å². The first-order valence-corrected chi connectivity index (χ1v) is 7.90. The van der Waals surface area contributed by atoms with E-state index < -0.39 is 0 Å². The SMILES string of the molecule is CCCCCCCCCCCC(=O)OC(C)CC. The predicted molar refractivity (Wildman–Crippen MR) is 77.7 cm³/mol. The molecule has 1 atom stereocenters. The zero-order chi connectivity index (χ0) is 13.6. The lowest BCUT2D eigenvalue weighted by molar-refractivity contribution is -0.148. The molecule has 0 aromatic rings. The van der Waals surface area contributed by atoms with Gasteiger partial charge in [-0.05, 0) is 19.8 Å². The molecule has 0 aliphatic carbocycles. The molecule has 0 saturated heterocycles. The van der Waals surface area contributed by atoms with Crippen LogP contribution < -0.4 is 0 Å². The summed E-state index contributed by atoms with van der Waals surface area (Å²) in [7, 11) is 0. The van der Waals surface area contributed by atoms with E-state index in [9.17, 15) is 4.79 Å². The Morgan fingerprint density at radius 1 is 0.889 bits per heavy atom.